The van der Waals surface area contributed by atoms with E-state index in [1.165, 1.54) is 6.08 Å². The molecule has 0 aliphatic heterocycles. The summed E-state index contributed by atoms with van der Waals surface area (Å²) >= 11 is 0. The number of aromatic nitrogens is 2. The number of hydrogen-bond acceptors (Lipinski definition) is 3. The lowest BCUT2D eigenvalue weighted by Gasteiger charge is -2.05. The second-order valence-electron chi connectivity index (χ2n) is 4.32. The highest BCUT2D eigenvalue weighted by atomic mass is 16.4. The van der Waals surface area contributed by atoms with Gasteiger partial charge in [0.15, 0.2) is 0 Å². The van der Waals surface area contributed by atoms with Gasteiger partial charge in [0.05, 0.1) is 6.54 Å². The zero-order valence-electron chi connectivity index (χ0n) is 11.3. The lowest BCUT2D eigenvalue weighted by molar-refractivity contribution is -0.131. The van der Waals surface area contributed by atoms with Crippen LogP contribution in [0.4, 0.5) is 0 Å². The fourth-order valence-corrected chi connectivity index (χ4v) is 1.73. The molecule has 2 N–H and O–H groups in total. The predicted octanol–water partition coefficient (Wildman–Crippen LogP) is 1.41. The summed E-state index contributed by atoms with van der Waals surface area (Å²) in [7, 11) is 0. The van der Waals surface area contributed by atoms with Crippen molar-refractivity contribution in [3.05, 3.63) is 59.9 Å². The molecular weight excluding hydrogens is 270 g/mol. The first-order chi connectivity index (χ1) is 10.1. The largest absolute Gasteiger partial charge is 0.478 e. The van der Waals surface area contributed by atoms with E-state index in [0.717, 1.165) is 11.6 Å². The summed E-state index contributed by atoms with van der Waals surface area (Å²) in [6.45, 7) is 1.10. The van der Waals surface area contributed by atoms with Crippen molar-refractivity contribution in [3.63, 3.8) is 0 Å². The molecule has 1 aromatic carbocycles. The van der Waals surface area contributed by atoms with Crippen LogP contribution in [0.15, 0.2) is 48.8 Å². The number of benzene rings is 1. The first-order valence-electron chi connectivity index (χ1n) is 6.42. The molecule has 0 bridgehead atoms. The minimum Gasteiger partial charge on any atom is -0.478 e. The average molecular weight is 285 g/mol. The number of carbonyl (C=O) groups is 2. The average Bonchev–Trinajstić information content (AvgIpc) is 2.99. The topological polar surface area (TPSA) is 84.2 Å². The van der Waals surface area contributed by atoms with Crippen molar-refractivity contribution in [2.75, 3.05) is 6.54 Å². The quantitative estimate of drug-likeness (QED) is 0.786. The van der Waals surface area contributed by atoms with Gasteiger partial charge in [0.2, 0.25) is 0 Å². The molecule has 1 aromatic heterocycles. The van der Waals surface area contributed by atoms with Gasteiger partial charge >= 0.3 is 5.97 Å². The van der Waals surface area contributed by atoms with Crippen LogP contribution in [0.2, 0.25) is 0 Å². The van der Waals surface area contributed by atoms with Gasteiger partial charge < -0.3 is 10.4 Å². The SMILES string of the molecule is O=C(O)C=Cc1ccc(C(=O)NCCn2cccn2)cc1. The van der Waals surface area contributed by atoms with Crippen LogP contribution in [0.1, 0.15) is 15.9 Å². The van der Waals surface area contributed by atoms with Crippen molar-refractivity contribution in [2.24, 2.45) is 0 Å². The third-order valence-corrected chi connectivity index (χ3v) is 2.78. The second-order valence-corrected chi connectivity index (χ2v) is 4.32. The van der Waals surface area contributed by atoms with Gasteiger partial charge in [-0.2, -0.15) is 5.10 Å². The molecule has 1 amide bonds. The van der Waals surface area contributed by atoms with Gasteiger partial charge in [0.1, 0.15) is 0 Å². The smallest absolute Gasteiger partial charge is 0.328 e. The normalized spacial score (nSPS) is 10.7. The summed E-state index contributed by atoms with van der Waals surface area (Å²) in [4.78, 5) is 22.3. The molecule has 0 spiro atoms. The second kappa shape index (κ2) is 7.04. The van der Waals surface area contributed by atoms with E-state index in [1.807, 2.05) is 12.3 Å². The van der Waals surface area contributed by atoms with Crippen molar-refractivity contribution in [2.45, 2.75) is 6.54 Å². The Labute approximate surface area is 121 Å². The van der Waals surface area contributed by atoms with Crippen LogP contribution in [0.3, 0.4) is 0 Å². The number of nitrogens with zero attached hydrogens (tertiary/aromatic N) is 2. The van der Waals surface area contributed by atoms with Gasteiger partial charge in [-0.3, -0.25) is 9.48 Å². The van der Waals surface area contributed by atoms with Crippen LogP contribution < -0.4 is 5.32 Å². The lowest BCUT2D eigenvalue weighted by atomic mass is 10.1. The summed E-state index contributed by atoms with van der Waals surface area (Å²) in [6, 6.07) is 8.53. The number of carboxylic acids is 1. The number of rotatable bonds is 6. The van der Waals surface area contributed by atoms with Gasteiger partial charge in [0.25, 0.3) is 5.91 Å². The Balaban J connectivity index is 1.86. The number of aliphatic carboxylic acids is 1. The maximum atomic E-state index is 11.9. The van der Waals surface area contributed by atoms with Crippen LogP contribution >= 0.6 is 0 Å². The molecule has 0 fully saturated rings. The van der Waals surface area contributed by atoms with Crippen LogP contribution in [0.25, 0.3) is 6.08 Å². The minimum absolute atomic E-state index is 0.170. The molecule has 6 nitrogen and oxygen atoms in total. The maximum Gasteiger partial charge on any atom is 0.328 e. The Hall–Kier alpha value is -2.89. The third kappa shape index (κ3) is 4.61. The van der Waals surface area contributed by atoms with E-state index >= 15 is 0 Å². The van der Waals surface area contributed by atoms with E-state index in [2.05, 4.69) is 10.4 Å². The van der Waals surface area contributed by atoms with Crippen LogP contribution in [0.5, 0.6) is 0 Å². The van der Waals surface area contributed by atoms with E-state index < -0.39 is 5.97 Å². The first-order valence-corrected chi connectivity index (χ1v) is 6.42. The molecule has 21 heavy (non-hydrogen) atoms. The number of hydrogen-bond donors (Lipinski definition) is 2. The number of carbonyl (C=O) groups excluding carboxylic acids is 1. The van der Waals surface area contributed by atoms with Crippen molar-refractivity contribution in [3.8, 4) is 0 Å². The van der Waals surface area contributed by atoms with E-state index in [4.69, 9.17) is 5.11 Å². The van der Waals surface area contributed by atoms with Crippen LogP contribution in [-0.4, -0.2) is 33.3 Å². The minimum atomic E-state index is -1.00. The molecule has 6 heteroatoms. The molecule has 0 unspecified atom stereocenters. The summed E-state index contributed by atoms with van der Waals surface area (Å²) in [5, 5.41) is 15.4. The molecule has 0 aliphatic rings. The molecule has 1 heterocycles. The molecule has 2 rings (SSSR count). The Bertz CT molecular complexity index is 631. The highest BCUT2D eigenvalue weighted by Crippen LogP contribution is 2.06. The Morgan fingerprint density at radius 3 is 2.67 bits per heavy atom. The maximum absolute atomic E-state index is 11.9. The van der Waals surface area contributed by atoms with Crippen LogP contribution in [-0.2, 0) is 11.3 Å². The predicted molar refractivity (Wildman–Crippen MR) is 77.7 cm³/mol. The fourth-order valence-electron chi connectivity index (χ4n) is 1.73. The fraction of sp³-hybridized carbons (Fsp3) is 0.133. The van der Waals surface area contributed by atoms with Crippen molar-refractivity contribution >= 4 is 18.0 Å². The van der Waals surface area contributed by atoms with E-state index in [0.29, 0.717) is 18.7 Å². The van der Waals surface area contributed by atoms with E-state index in [9.17, 15) is 9.59 Å². The molecular formula is C15H15N3O3. The molecule has 0 saturated carbocycles. The number of carboxylic acid groups (broad SMARTS) is 1. The van der Waals surface area contributed by atoms with E-state index in [-0.39, 0.29) is 5.91 Å². The Morgan fingerprint density at radius 1 is 1.29 bits per heavy atom. The van der Waals surface area contributed by atoms with E-state index in [1.54, 1.807) is 35.1 Å². The van der Waals surface area contributed by atoms with Crippen molar-refractivity contribution in [1.29, 1.82) is 0 Å². The highest BCUT2D eigenvalue weighted by molar-refractivity contribution is 5.94. The van der Waals surface area contributed by atoms with Crippen molar-refractivity contribution < 1.29 is 14.7 Å². The van der Waals surface area contributed by atoms with Gasteiger partial charge in [-0.1, -0.05) is 12.1 Å². The molecule has 2 aromatic rings. The van der Waals surface area contributed by atoms with Gasteiger partial charge in [-0.15, -0.1) is 0 Å². The van der Waals surface area contributed by atoms with Crippen LogP contribution in [0, 0.1) is 0 Å². The summed E-state index contributed by atoms with van der Waals surface area (Å²) in [5.74, 6) is -1.17. The molecule has 0 saturated heterocycles. The number of amides is 1. The number of nitrogens with one attached hydrogen (secondary N) is 1. The zero-order valence-corrected chi connectivity index (χ0v) is 11.3. The van der Waals surface area contributed by atoms with Crippen molar-refractivity contribution in [1.82, 2.24) is 15.1 Å². The highest BCUT2D eigenvalue weighted by Gasteiger charge is 2.04. The first kappa shape index (κ1) is 14.5. The third-order valence-electron chi connectivity index (χ3n) is 2.78. The standard InChI is InChI=1S/C15H15N3O3/c19-14(20)7-4-12-2-5-13(6-3-12)15(21)16-9-11-18-10-1-8-17-18/h1-8,10H,9,11H2,(H,16,21)(H,19,20). The molecule has 0 aliphatic carbocycles. The van der Waals surface area contributed by atoms with Gasteiger partial charge in [-0.05, 0) is 29.8 Å². The molecule has 0 radical (unpaired) electrons. The Morgan fingerprint density at radius 2 is 2.05 bits per heavy atom. The Kier molecular flexibility index (Phi) is 4.87. The lowest BCUT2D eigenvalue weighted by Crippen LogP contribution is -2.27. The summed E-state index contributed by atoms with van der Waals surface area (Å²) < 4.78 is 1.74. The van der Waals surface area contributed by atoms with Gasteiger partial charge in [0, 0.05) is 30.6 Å². The van der Waals surface area contributed by atoms with Gasteiger partial charge in [-0.25, -0.2) is 4.79 Å². The summed E-state index contributed by atoms with van der Waals surface area (Å²) in [6.07, 6.45) is 6.04. The molecule has 0 atom stereocenters. The zero-order chi connectivity index (χ0) is 15.1. The summed E-state index contributed by atoms with van der Waals surface area (Å²) in [5.41, 5.74) is 1.26. The monoisotopic (exact) mass is 285 g/mol. The molecule has 108 valence electrons.